The SMILES string of the molecule is COc1cccc(CC(=O)O/C(=C\c2ccccc2)C(=O)NC(C)(C)C)c1. The molecule has 0 fully saturated rings. The number of hydrogen-bond acceptors (Lipinski definition) is 4. The predicted octanol–water partition coefficient (Wildman–Crippen LogP) is 3.74. The van der Waals surface area contributed by atoms with Gasteiger partial charge in [0.25, 0.3) is 5.91 Å². The van der Waals surface area contributed by atoms with E-state index in [0.29, 0.717) is 5.75 Å². The summed E-state index contributed by atoms with van der Waals surface area (Å²) >= 11 is 0. The van der Waals surface area contributed by atoms with Gasteiger partial charge in [-0.25, -0.2) is 0 Å². The van der Waals surface area contributed by atoms with E-state index in [4.69, 9.17) is 9.47 Å². The third-order valence-electron chi connectivity index (χ3n) is 3.52. The monoisotopic (exact) mass is 367 g/mol. The van der Waals surface area contributed by atoms with Gasteiger partial charge in [-0.1, -0.05) is 42.5 Å². The molecule has 1 amide bonds. The molecule has 5 nitrogen and oxygen atoms in total. The van der Waals surface area contributed by atoms with Crippen molar-refractivity contribution in [2.45, 2.75) is 32.7 Å². The average Bonchev–Trinajstić information content (AvgIpc) is 2.60. The van der Waals surface area contributed by atoms with E-state index in [0.717, 1.165) is 11.1 Å². The van der Waals surface area contributed by atoms with Crippen molar-refractivity contribution >= 4 is 18.0 Å². The molecule has 0 saturated carbocycles. The van der Waals surface area contributed by atoms with Crippen LogP contribution in [0.1, 0.15) is 31.9 Å². The maximum atomic E-state index is 12.6. The lowest BCUT2D eigenvalue weighted by atomic mass is 10.1. The molecule has 0 aliphatic carbocycles. The molecule has 0 saturated heterocycles. The van der Waals surface area contributed by atoms with Crippen LogP contribution in [0.2, 0.25) is 0 Å². The van der Waals surface area contributed by atoms with Crippen molar-refractivity contribution in [2.75, 3.05) is 7.11 Å². The van der Waals surface area contributed by atoms with Crippen molar-refractivity contribution in [3.8, 4) is 5.75 Å². The van der Waals surface area contributed by atoms with Gasteiger partial charge < -0.3 is 14.8 Å². The van der Waals surface area contributed by atoms with Crippen LogP contribution in [0.25, 0.3) is 6.08 Å². The standard InChI is InChI=1S/C22H25NO4/c1-22(2,3)23-21(25)19(14-16-9-6-5-7-10-16)27-20(24)15-17-11-8-12-18(13-17)26-4/h5-14H,15H2,1-4H3,(H,23,25)/b19-14-. The average molecular weight is 367 g/mol. The van der Waals surface area contributed by atoms with E-state index in [9.17, 15) is 9.59 Å². The van der Waals surface area contributed by atoms with Crippen LogP contribution in [-0.4, -0.2) is 24.5 Å². The first-order valence-corrected chi connectivity index (χ1v) is 8.70. The molecular weight excluding hydrogens is 342 g/mol. The number of ether oxygens (including phenoxy) is 2. The van der Waals surface area contributed by atoms with Crippen LogP contribution >= 0.6 is 0 Å². The highest BCUT2D eigenvalue weighted by molar-refractivity contribution is 5.98. The van der Waals surface area contributed by atoms with Crippen molar-refractivity contribution in [2.24, 2.45) is 0 Å². The molecule has 0 bridgehead atoms. The summed E-state index contributed by atoms with van der Waals surface area (Å²) in [5.74, 6) is -0.338. The maximum Gasteiger partial charge on any atom is 0.315 e. The summed E-state index contributed by atoms with van der Waals surface area (Å²) in [7, 11) is 1.56. The lowest BCUT2D eigenvalue weighted by Crippen LogP contribution is -2.42. The molecule has 0 aliphatic heterocycles. The Kier molecular flexibility index (Phi) is 6.77. The molecule has 0 atom stereocenters. The van der Waals surface area contributed by atoms with E-state index in [-0.39, 0.29) is 12.2 Å². The summed E-state index contributed by atoms with van der Waals surface area (Å²) in [6, 6.07) is 16.4. The van der Waals surface area contributed by atoms with Crippen LogP contribution < -0.4 is 10.1 Å². The van der Waals surface area contributed by atoms with Gasteiger partial charge in [-0.05, 0) is 50.1 Å². The Hall–Kier alpha value is -3.08. The first-order valence-electron chi connectivity index (χ1n) is 8.70. The Bertz CT molecular complexity index is 820. The topological polar surface area (TPSA) is 64.6 Å². The van der Waals surface area contributed by atoms with Gasteiger partial charge in [-0.15, -0.1) is 0 Å². The fraction of sp³-hybridized carbons (Fsp3) is 0.273. The minimum atomic E-state index is -0.519. The number of rotatable bonds is 6. The minimum Gasteiger partial charge on any atom is -0.497 e. The van der Waals surface area contributed by atoms with E-state index in [1.54, 1.807) is 37.5 Å². The summed E-state index contributed by atoms with van der Waals surface area (Å²) in [4.78, 5) is 25.0. The Labute approximate surface area is 160 Å². The predicted molar refractivity (Wildman–Crippen MR) is 105 cm³/mol. The second kappa shape index (κ2) is 9.03. The summed E-state index contributed by atoms with van der Waals surface area (Å²) in [6.07, 6.45) is 1.59. The normalized spacial score (nSPS) is 11.6. The van der Waals surface area contributed by atoms with Gasteiger partial charge >= 0.3 is 5.97 Å². The molecule has 142 valence electrons. The molecule has 5 heteroatoms. The van der Waals surface area contributed by atoms with E-state index in [1.807, 2.05) is 51.1 Å². The first kappa shape index (κ1) is 20.2. The van der Waals surface area contributed by atoms with Crippen molar-refractivity contribution in [3.05, 3.63) is 71.5 Å². The number of carbonyl (C=O) groups excluding carboxylic acids is 2. The number of amides is 1. The van der Waals surface area contributed by atoms with Crippen LogP contribution in [0.3, 0.4) is 0 Å². The highest BCUT2D eigenvalue weighted by atomic mass is 16.5. The molecule has 0 unspecified atom stereocenters. The lowest BCUT2D eigenvalue weighted by Gasteiger charge is -2.21. The number of carbonyl (C=O) groups is 2. The van der Waals surface area contributed by atoms with E-state index in [2.05, 4.69) is 5.32 Å². The zero-order valence-corrected chi connectivity index (χ0v) is 16.1. The molecule has 27 heavy (non-hydrogen) atoms. The van der Waals surface area contributed by atoms with Gasteiger partial charge in [-0.2, -0.15) is 0 Å². The van der Waals surface area contributed by atoms with E-state index < -0.39 is 17.4 Å². The fourth-order valence-corrected chi connectivity index (χ4v) is 2.35. The van der Waals surface area contributed by atoms with Crippen LogP contribution in [0.5, 0.6) is 5.75 Å². The number of esters is 1. The number of nitrogens with one attached hydrogen (secondary N) is 1. The molecule has 2 aromatic carbocycles. The number of benzene rings is 2. The smallest absolute Gasteiger partial charge is 0.315 e. The molecule has 0 heterocycles. The Morgan fingerprint density at radius 1 is 1.04 bits per heavy atom. The molecule has 0 aromatic heterocycles. The number of methoxy groups -OCH3 is 1. The summed E-state index contributed by atoms with van der Waals surface area (Å²) < 4.78 is 10.6. The number of hydrogen-bond donors (Lipinski definition) is 1. The largest absolute Gasteiger partial charge is 0.497 e. The van der Waals surface area contributed by atoms with Crippen molar-refractivity contribution < 1.29 is 19.1 Å². The van der Waals surface area contributed by atoms with Gasteiger partial charge in [0.2, 0.25) is 0 Å². The van der Waals surface area contributed by atoms with Crippen LogP contribution in [0, 0.1) is 0 Å². The summed E-state index contributed by atoms with van der Waals surface area (Å²) in [5, 5.41) is 2.82. The zero-order valence-electron chi connectivity index (χ0n) is 16.1. The highest BCUT2D eigenvalue weighted by Crippen LogP contribution is 2.15. The molecule has 1 N–H and O–H groups in total. The summed E-state index contributed by atoms with van der Waals surface area (Å²) in [6.45, 7) is 5.59. The highest BCUT2D eigenvalue weighted by Gasteiger charge is 2.21. The van der Waals surface area contributed by atoms with Crippen LogP contribution in [0.4, 0.5) is 0 Å². The first-order chi connectivity index (χ1) is 12.8. The molecule has 2 rings (SSSR count). The second-order valence-corrected chi connectivity index (χ2v) is 7.13. The maximum absolute atomic E-state index is 12.6. The molecule has 0 radical (unpaired) electrons. The molecular formula is C22H25NO4. The zero-order chi connectivity index (χ0) is 19.9. The van der Waals surface area contributed by atoms with Crippen molar-refractivity contribution in [1.29, 1.82) is 0 Å². The Morgan fingerprint density at radius 3 is 2.37 bits per heavy atom. The minimum absolute atomic E-state index is 0.0339. The second-order valence-electron chi connectivity index (χ2n) is 7.13. The lowest BCUT2D eigenvalue weighted by molar-refractivity contribution is -0.142. The van der Waals surface area contributed by atoms with Gasteiger partial charge in [-0.3, -0.25) is 9.59 Å². The Balaban J connectivity index is 2.18. The van der Waals surface area contributed by atoms with Gasteiger partial charge in [0.05, 0.1) is 13.5 Å². The molecule has 0 spiro atoms. The Morgan fingerprint density at radius 2 is 1.74 bits per heavy atom. The van der Waals surface area contributed by atoms with Gasteiger partial charge in [0.15, 0.2) is 5.76 Å². The molecule has 2 aromatic rings. The van der Waals surface area contributed by atoms with Crippen molar-refractivity contribution in [3.63, 3.8) is 0 Å². The van der Waals surface area contributed by atoms with E-state index >= 15 is 0 Å². The summed E-state index contributed by atoms with van der Waals surface area (Å²) in [5.41, 5.74) is 1.06. The van der Waals surface area contributed by atoms with Crippen LogP contribution in [0.15, 0.2) is 60.4 Å². The van der Waals surface area contributed by atoms with Crippen LogP contribution in [-0.2, 0) is 20.7 Å². The third-order valence-corrected chi connectivity index (χ3v) is 3.52. The van der Waals surface area contributed by atoms with Crippen molar-refractivity contribution in [1.82, 2.24) is 5.32 Å². The van der Waals surface area contributed by atoms with Gasteiger partial charge in [0.1, 0.15) is 5.75 Å². The quantitative estimate of drug-likeness (QED) is 0.480. The molecule has 0 aliphatic rings. The van der Waals surface area contributed by atoms with Gasteiger partial charge in [0, 0.05) is 5.54 Å². The van der Waals surface area contributed by atoms with E-state index in [1.165, 1.54) is 0 Å². The fourth-order valence-electron chi connectivity index (χ4n) is 2.35. The third kappa shape index (κ3) is 6.98.